The van der Waals surface area contributed by atoms with Gasteiger partial charge in [-0.3, -0.25) is 0 Å². The normalized spacial score (nSPS) is 18.6. The zero-order chi connectivity index (χ0) is 15.5. The SMILES string of the molecule is CC1(CNS(=O)(=O)c2ccc(CO)c(Cl)c2)CCCCC1. The predicted molar refractivity (Wildman–Crippen MR) is 83.8 cm³/mol. The van der Waals surface area contributed by atoms with Crippen LogP contribution in [0.4, 0.5) is 0 Å². The third-order valence-electron chi connectivity index (χ3n) is 4.25. The van der Waals surface area contributed by atoms with Crippen LogP contribution in [0.2, 0.25) is 5.02 Å². The Kier molecular flexibility index (Phi) is 5.30. The third kappa shape index (κ3) is 4.19. The highest BCUT2D eigenvalue weighted by Crippen LogP contribution is 2.35. The van der Waals surface area contributed by atoms with E-state index in [4.69, 9.17) is 16.7 Å². The van der Waals surface area contributed by atoms with Crippen molar-refractivity contribution in [2.45, 2.75) is 50.5 Å². The van der Waals surface area contributed by atoms with E-state index in [1.807, 2.05) is 0 Å². The van der Waals surface area contributed by atoms with E-state index in [9.17, 15) is 8.42 Å². The summed E-state index contributed by atoms with van der Waals surface area (Å²) in [5.74, 6) is 0. The minimum Gasteiger partial charge on any atom is -0.392 e. The number of benzene rings is 1. The Morgan fingerprint density at radius 3 is 2.52 bits per heavy atom. The number of hydrogen-bond acceptors (Lipinski definition) is 3. The van der Waals surface area contributed by atoms with Crippen LogP contribution in [-0.2, 0) is 16.6 Å². The summed E-state index contributed by atoms with van der Waals surface area (Å²) in [5.41, 5.74) is 0.565. The van der Waals surface area contributed by atoms with Crippen LogP contribution in [0.5, 0.6) is 0 Å². The number of hydrogen-bond donors (Lipinski definition) is 2. The van der Waals surface area contributed by atoms with Gasteiger partial charge < -0.3 is 5.11 Å². The van der Waals surface area contributed by atoms with Crippen LogP contribution in [0.3, 0.4) is 0 Å². The second kappa shape index (κ2) is 6.65. The molecule has 2 N–H and O–H groups in total. The smallest absolute Gasteiger partial charge is 0.240 e. The maximum absolute atomic E-state index is 12.3. The molecule has 0 aliphatic heterocycles. The van der Waals surface area contributed by atoms with Crippen molar-refractivity contribution < 1.29 is 13.5 Å². The zero-order valence-electron chi connectivity index (χ0n) is 12.2. The van der Waals surface area contributed by atoms with Crippen molar-refractivity contribution in [3.05, 3.63) is 28.8 Å². The Hall–Kier alpha value is -0.620. The first-order valence-corrected chi connectivity index (χ1v) is 9.11. The minimum absolute atomic E-state index is 0.0418. The van der Waals surface area contributed by atoms with Crippen LogP contribution in [0, 0.1) is 5.41 Å². The quantitative estimate of drug-likeness (QED) is 0.871. The highest BCUT2D eigenvalue weighted by molar-refractivity contribution is 7.89. The fourth-order valence-electron chi connectivity index (χ4n) is 2.76. The van der Waals surface area contributed by atoms with Gasteiger partial charge in [-0.05, 0) is 36.0 Å². The van der Waals surface area contributed by atoms with Gasteiger partial charge in [-0.2, -0.15) is 0 Å². The van der Waals surface area contributed by atoms with Gasteiger partial charge in [0.2, 0.25) is 10.0 Å². The summed E-state index contributed by atoms with van der Waals surface area (Å²) < 4.78 is 27.4. The summed E-state index contributed by atoms with van der Waals surface area (Å²) in [7, 11) is -3.56. The van der Waals surface area contributed by atoms with E-state index in [-0.39, 0.29) is 21.9 Å². The highest BCUT2D eigenvalue weighted by atomic mass is 35.5. The van der Waals surface area contributed by atoms with E-state index in [1.54, 1.807) is 6.07 Å². The molecular formula is C15H22ClNO3S. The highest BCUT2D eigenvalue weighted by Gasteiger charge is 2.28. The summed E-state index contributed by atoms with van der Waals surface area (Å²) in [6, 6.07) is 4.40. The molecule has 0 unspecified atom stereocenters. The fraction of sp³-hybridized carbons (Fsp3) is 0.600. The molecule has 0 heterocycles. The maximum atomic E-state index is 12.3. The lowest BCUT2D eigenvalue weighted by Gasteiger charge is -2.33. The lowest BCUT2D eigenvalue weighted by atomic mass is 9.76. The Balaban J connectivity index is 2.09. The molecule has 1 fully saturated rings. The lowest BCUT2D eigenvalue weighted by Crippen LogP contribution is -2.37. The number of sulfonamides is 1. The van der Waals surface area contributed by atoms with Crippen molar-refractivity contribution in [1.29, 1.82) is 0 Å². The van der Waals surface area contributed by atoms with Crippen molar-refractivity contribution in [2.24, 2.45) is 5.41 Å². The van der Waals surface area contributed by atoms with Crippen molar-refractivity contribution in [1.82, 2.24) is 4.72 Å². The standard InChI is InChI=1S/C15H22ClNO3S/c1-15(7-3-2-4-8-15)11-17-21(19,20)13-6-5-12(10-18)14(16)9-13/h5-6,9,17-18H,2-4,7-8,10-11H2,1H3. The van der Waals surface area contributed by atoms with Crippen molar-refractivity contribution in [2.75, 3.05) is 6.54 Å². The van der Waals surface area contributed by atoms with Crippen LogP contribution in [-0.4, -0.2) is 20.1 Å². The van der Waals surface area contributed by atoms with Gasteiger partial charge in [0.25, 0.3) is 0 Å². The molecule has 0 amide bonds. The zero-order valence-corrected chi connectivity index (χ0v) is 13.8. The predicted octanol–water partition coefficient (Wildman–Crippen LogP) is 3.08. The molecule has 1 aromatic carbocycles. The summed E-state index contributed by atoms with van der Waals surface area (Å²) in [5, 5.41) is 9.34. The van der Waals surface area contributed by atoms with Gasteiger partial charge in [-0.15, -0.1) is 0 Å². The van der Waals surface area contributed by atoms with E-state index in [1.165, 1.54) is 18.6 Å². The Morgan fingerprint density at radius 2 is 1.95 bits per heavy atom. The molecular weight excluding hydrogens is 310 g/mol. The van der Waals surface area contributed by atoms with E-state index < -0.39 is 10.0 Å². The molecule has 0 atom stereocenters. The van der Waals surface area contributed by atoms with E-state index in [0.717, 1.165) is 25.7 Å². The fourth-order valence-corrected chi connectivity index (χ4v) is 4.29. The monoisotopic (exact) mass is 331 g/mol. The van der Waals surface area contributed by atoms with E-state index in [0.29, 0.717) is 12.1 Å². The molecule has 1 saturated carbocycles. The number of rotatable bonds is 5. The molecule has 0 radical (unpaired) electrons. The Morgan fingerprint density at radius 1 is 1.29 bits per heavy atom. The average molecular weight is 332 g/mol. The molecule has 21 heavy (non-hydrogen) atoms. The third-order valence-corrected chi connectivity index (χ3v) is 6.01. The Bertz CT molecular complexity index is 595. The molecule has 0 saturated heterocycles. The number of halogens is 1. The number of aliphatic hydroxyl groups is 1. The van der Waals surface area contributed by atoms with Crippen LogP contribution in [0.15, 0.2) is 23.1 Å². The average Bonchev–Trinajstić information content (AvgIpc) is 2.46. The first-order valence-electron chi connectivity index (χ1n) is 7.25. The van der Waals surface area contributed by atoms with Gasteiger partial charge in [0, 0.05) is 11.6 Å². The number of aliphatic hydroxyl groups excluding tert-OH is 1. The van der Waals surface area contributed by atoms with Gasteiger partial charge in [0.05, 0.1) is 11.5 Å². The molecule has 1 aliphatic carbocycles. The Labute approximate surface area is 131 Å². The van der Waals surface area contributed by atoms with Gasteiger partial charge in [-0.1, -0.05) is 43.9 Å². The molecule has 2 rings (SSSR count). The molecule has 1 aliphatic rings. The summed E-state index contributed by atoms with van der Waals surface area (Å²) >= 11 is 5.96. The van der Waals surface area contributed by atoms with Crippen molar-refractivity contribution >= 4 is 21.6 Å². The minimum atomic E-state index is -3.56. The largest absolute Gasteiger partial charge is 0.392 e. The molecule has 0 aromatic heterocycles. The van der Waals surface area contributed by atoms with Gasteiger partial charge in [-0.25, -0.2) is 13.1 Å². The maximum Gasteiger partial charge on any atom is 0.240 e. The van der Waals surface area contributed by atoms with Gasteiger partial charge in [0.1, 0.15) is 0 Å². The molecule has 0 spiro atoms. The lowest BCUT2D eigenvalue weighted by molar-refractivity contribution is 0.219. The molecule has 6 heteroatoms. The molecule has 4 nitrogen and oxygen atoms in total. The molecule has 1 aromatic rings. The second-order valence-corrected chi connectivity index (χ2v) is 8.28. The van der Waals surface area contributed by atoms with Crippen LogP contribution in [0.1, 0.15) is 44.6 Å². The first-order chi connectivity index (χ1) is 9.86. The number of nitrogens with one attached hydrogen (secondary N) is 1. The summed E-state index contributed by atoms with van der Waals surface area (Å²) in [6.45, 7) is 2.38. The van der Waals surface area contributed by atoms with E-state index in [2.05, 4.69) is 11.6 Å². The van der Waals surface area contributed by atoms with Crippen LogP contribution >= 0.6 is 11.6 Å². The van der Waals surface area contributed by atoms with Crippen molar-refractivity contribution in [3.8, 4) is 0 Å². The van der Waals surface area contributed by atoms with Crippen molar-refractivity contribution in [3.63, 3.8) is 0 Å². The van der Waals surface area contributed by atoms with E-state index >= 15 is 0 Å². The van der Waals surface area contributed by atoms with Gasteiger partial charge >= 0.3 is 0 Å². The second-order valence-electron chi connectivity index (χ2n) is 6.11. The summed E-state index contributed by atoms with van der Waals surface area (Å²) in [4.78, 5) is 0.143. The van der Waals surface area contributed by atoms with Gasteiger partial charge in [0.15, 0.2) is 0 Å². The topological polar surface area (TPSA) is 66.4 Å². The summed E-state index contributed by atoms with van der Waals surface area (Å²) in [6.07, 6.45) is 5.67. The molecule has 0 bridgehead atoms. The first kappa shape index (κ1) is 16.7. The van der Waals surface area contributed by atoms with Crippen LogP contribution in [0.25, 0.3) is 0 Å². The molecule has 118 valence electrons. The van der Waals surface area contributed by atoms with Crippen LogP contribution < -0.4 is 4.72 Å².